The number of nitrogens with two attached hydrogens (primary N) is 1. The van der Waals surface area contributed by atoms with Gasteiger partial charge in [-0.15, -0.1) is 0 Å². The standard InChI is InChI=1S/C14H9N3O/c15-7-4-5-8-9-2-1-3-10-12(9)13(11(8)6-7)16-17-14(10)18/h1-6H,15H2,(H,17,18). The monoisotopic (exact) mass is 235 g/mol. The fourth-order valence-electron chi connectivity index (χ4n) is 2.63. The predicted molar refractivity (Wildman–Crippen MR) is 71.2 cm³/mol. The lowest BCUT2D eigenvalue weighted by Crippen LogP contribution is -2.08. The Morgan fingerprint density at radius 3 is 2.83 bits per heavy atom. The van der Waals surface area contributed by atoms with Crippen molar-refractivity contribution in [3.05, 3.63) is 46.8 Å². The van der Waals surface area contributed by atoms with Crippen molar-refractivity contribution in [3.63, 3.8) is 0 Å². The minimum Gasteiger partial charge on any atom is -0.399 e. The van der Waals surface area contributed by atoms with E-state index in [1.807, 2.05) is 36.4 Å². The van der Waals surface area contributed by atoms with Crippen LogP contribution in [-0.2, 0) is 0 Å². The van der Waals surface area contributed by atoms with Crippen LogP contribution in [0.1, 0.15) is 0 Å². The number of benzene rings is 2. The Balaban J connectivity index is 2.29. The van der Waals surface area contributed by atoms with E-state index >= 15 is 0 Å². The number of hydrogen-bond donors (Lipinski definition) is 2. The number of nitrogens with zero attached hydrogens (tertiary/aromatic N) is 1. The number of rotatable bonds is 0. The van der Waals surface area contributed by atoms with Gasteiger partial charge in [-0.2, -0.15) is 5.10 Å². The van der Waals surface area contributed by atoms with Gasteiger partial charge in [0.25, 0.3) is 5.56 Å². The summed E-state index contributed by atoms with van der Waals surface area (Å²) >= 11 is 0. The quantitative estimate of drug-likeness (QED) is 0.459. The fourth-order valence-corrected chi connectivity index (χ4v) is 2.63. The molecule has 18 heavy (non-hydrogen) atoms. The molecular weight excluding hydrogens is 226 g/mol. The third-order valence-corrected chi connectivity index (χ3v) is 3.40. The van der Waals surface area contributed by atoms with E-state index in [1.165, 1.54) is 0 Å². The zero-order valence-corrected chi connectivity index (χ0v) is 9.40. The van der Waals surface area contributed by atoms with E-state index in [0.29, 0.717) is 11.1 Å². The average Bonchev–Trinajstić information content (AvgIpc) is 2.69. The summed E-state index contributed by atoms with van der Waals surface area (Å²) < 4.78 is 0. The molecule has 0 saturated heterocycles. The van der Waals surface area contributed by atoms with Crippen molar-refractivity contribution in [2.24, 2.45) is 0 Å². The van der Waals surface area contributed by atoms with Crippen molar-refractivity contribution < 1.29 is 0 Å². The van der Waals surface area contributed by atoms with Crippen molar-refractivity contribution in [2.45, 2.75) is 0 Å². The first-order valence-electron chi connectivity index (χ1n) is 5.67. The maximum absolute atomic E-state index is 11.8. The number of nitrogens with one attached hydrogen (secondary N) is 1. The minimum absolute atomic E-state index is 0.156. The zero-order chi connectivity index (χ0) is 12.3. The van der Waals surface area contributed by atoms with E-state index in [9.17, 15) is 4.79 Å². The minimum atomic E-state index is -0.156. The Morgan fingerprint density at radius 1 is 1.06 bits per heavy atom. The first kappa shape index (κ1) is 9.41. The van der Waals surface area contributed by atoms with Gasteiger partial charge < -0.3 is 5.73 Å². The smallest absolute Gasteiger partial charge is 0.272 e. The number of anilines is 1. The van der Waals surface area contributed by atoms with E-state index in [-0.39, 0.29) is 5.56 Å². The van der Waals surface area contributed by atoms with Crippen LogP contribution in [0.3, 0.4) is 0 Å². The Kier molecular flexibility index (Phi) is 1.56. The molecule has 3 N–H and O–H groups in total. The van der Waals surface area contributed by atoms with Crippen LogP contribution < -0.4 is 11.3 Å². The van der Waals surface area contributed by atoms with Gasteiger partial charge in [-0.1, -0.05) is 18.2 Å². The molecule has 1 aromatic heterocycles. The van der Waals surface area contributed by atoms with Crippen molar-refractivity contribution in [3.8, 4) is 22.4 Å². The van der Waals surface area contributed by atoms with Crippen LogP contribution in [0.25, 0.3) is 33.2 Å². The van der Waals surface area contributed by atoms with Crippen LogP contribution in [0.15, 0.2) is 41.2 Å². The Morgan fingerprint density at radius 2 is 1.94 bits per heavy atom. The lowest BCUT2D eigenvalue weighted by Gasteiger charge is -2.01. The van der Waals surface area contributed by atoms with Gasteiger partial charge in [0.2, 0.25) is 0 Å². The molecule has 4 rings (SSSR count). The number of fused-ring (bicyclic) bond motifs is 3. The van der Waals surface area contributed by atoms with E-state index in [1.54, 1.807) is 0 Å². The van der Waals surface area contributed by atoms with Crippen molar-refractivity contribution in [2.75, 3.05) is 5.73 Å². The Hall–Kier alpha value is -2.62. The maximum atomic E-state index is 11.8. The van der Waals surface area contributed by atoms with Crippen LogP contribution in [0.4, 0.5) is 5.69 Å². The molecule has 1 aliphatic carbocycles. The third-order valence-electron chi connectivity index (χ3n) is 3.40. The molecule has 4 nitrogen and oxygen atoms in total. The SMILES string of the molecule is Nc1ccc2c(c1)-c1n[nH]c(=O)c3cccc-2c13. The van der Waals surface area contributed by atoms with Crippen LogP contribution in [0.2, 0.25) is 0 Å². The second kappa shape index (κ2) is 2.98. The molecule has 86 valence electrons. The van der Waals surface area contributed by atoms with Crippen molar-refractivity contribution in [1.82, 2.24) is 10.2 Å². The molecule has 3 aromatic rings. The average molecular weight is 235 g/mol. The molecule has 0 unspecified atom stereocenters. The number of nitrogen functional groups attached to an aromatic ring is 1. The Labute approximate surface area is 102 Å². The summed E-state index contributed by atoms with van der Waals surface area (Å²) in [5, 5.41) is 8.30. The van der Waals surface area contributed by atoms with Gasteiger partial charge >= 0.3 is 0 Å². The van der Waals surface area contributed by atoms with E-state index < -0.39 is 0 Å². The van der Waals surface area contributed by atoms with Gasteiger partial charge in [0, 0.05) is 16.6 Å². The van der Waals surface area contributed by atoms with Gasteiger partial charge in [0.05, 0.1) is 11.1 Å². The number of hydrogen-bond acceptors (Lipinski definition) is 3. The highest BCUT2D eigenvalue weighted by atomic mass is 16.1. The van der Waals surface area contributed by atoms with Crippen molar-refractivity contribution in [1.29, 1.82) is 0 Å². The largest absolute Gasteiger partial charge is 0.399 e. The lowest BCUT2D eigenvalue weighted by molar-refractivity contribution is 1.02. The zero-order valence-electron chi connectivity index (χ0n) is 9.40. The second-order valence-corrected chi connectivity index (χ2v) is 4.43. The normalized spacial score (nSPS) is 11.8. The highest BCUT2D eigenvalue weighted by Gasteiger charge is 2.23. The predicted octanol–water partition coefficient (Wildman–Crippen LogP) is 2.15. The molecule has 0 amide bonds. The molecular formula is C14H9N3O. The van der Waals surface area contributed by atoms with Gasteiger partial charge in [-0.25, -0.2) is 5.10 Å². The van der Waals surface area contributed by atoms with E-state index in [2.05, 4.69) is 10.2 Å². The fraction of sp³-hybridized carbons (Fsp3) is 0. The molecule has 4 heteroatoms. The molecule has 2 aromatic carbocycles. The first-order chi connectivity index (χ1) is 8.75. The summed E-state index contributed by atoms with van der Waals surface area (Å²) in [5.74, 6) is 0. The highest BCUT2D eigenvalue weighted by Crippen LogP contribution is 2.45. The van der Waals surface area contributed by atoms with Crippen molar-refractivity contribution >= 4 is 16.5 Å². The Bertz CT molecular complexity index is 865. The topological polar surface area (TPSA) is 71.8 Å². The molecule has 1 aliphatic rings. The number of H-pyrrole nitrogens is 1. The molecule has 0 fully saturated rings. The number of aromatic amines is 1. The van der Waals surface area contributed by atoms with Gasteiger partial charge in [-0.3, -0.25) is 4.79 Å². The summed E-state index contributed by atoms with van der Waals surface area (Å²) in [6.45, 7) is 0. The molecule has 0 saturated carbocycles. The summed E-state index contributed by atoms with van der Waals surface area (Å²) in [4.78, 5) is 11.8. The summed E-state index contributed by atoms with van der Waals surface area (Å²) in [7, 11) is 0. The van der Waals surface area contributed by atoms with Gasteiger partial charge in [-0.05, 0) is 29.3 Å². The molecule has 0 atom stereocenters. The van der Waals surface area contributed by atoms with Crippen LogP contribution in [-0.4, -0.2) is 10.2 Å². The first-order valence-corrected chi connectivity index (χ1v) is 5.67. The van der Waals surface area contributed by atoms with Crippen LogP contribution in [0.5, 0.6) is 0 Å². The summed E-state index contributed by atoms with van der Waals surface area (Å²) in [6, 6.07) is 11.5. The van der Waals surface area contributed by atoms with Gasteiger partial charge in [0.1, 0.15) is 0 Å². The molecule has 0 bridgehead atoms. The van der Waals surface area contributed by atoms with Gasteiger partial charge in [0.15, 0.2) is 0 Å². The van der Waals surface area contributed by atoms with E-state index in [0.717, 1.165) is 27.8 Å². The molecule has 0 spiro atoms. The molecule has 1 heterocycles. The second-order valence-electron chi connectivity index (χ2n) is 4.43. The summed E-state index contributed by atoms with van der Waals surface area (Å²) in [5.41, 5.74) is 10.3. The number of aromatic nitrogens is 2. The lowest BCUT2D eigenvalue weighted by atomic mass is 10.0. The molecule has 0 radical (unpaired) electrons. The van der Waals surface area contributed by atoms with Crippen LogP contribution in [0, 0.1) is 0 Å². The maximum Gasteiger partial charge on any atom is 0.272 e. The van der Waals surface area contributed by atoms with E-state index in [4.69, 9.17) is 5.73 Å². The third kappa shape index (κ3) is 0.996. The highest BCUT2D eigenvalue weighted by molar-refractivity contribution is 6.13. The summed E-state index contributed by atoms with van der Waals surface area (Å²) in [6.07, 6.45) is 0. The molecule has 0 aliphatic heterocycles. The van der Waals surface area contributed by atoms with Crippen LogP contribution >= 0.6 is 0 Å².